The van der Waals surface area contributed by atoms with Gasteiger partial charge in [-0.1, -0.05) is 78.9 Å². The van der Waals surface area contributed by atoms with E-state index in [0.717, 1.165) is 32.7 Å². The molecular formula is C28H17NO2. The molecule has 0 atom stereocenters. The van der Waals surface area contributed by atoms with Crippen LogP contribution in [-0.2, 0) is 0 Å². The Balaban J connectivity index is 1.63. The van der Waals surface area contributed by atoms with Gasteiger partial charge in [-0.2, -0.15) is 0 Å². The fourth-order valence-corrected chi connectivity index (χ4v) is 4.60. The highest BCUT2D eigenvalue weighted by Crippen LogP contribution is 2.39. The summed E-state index contributed by atoms with van der Waals surface area (Å²) >= 11 is 0. The number of anilines is 1. The molecule has 146 valence electrons. The van der Waals surface area contributed by atoms with Crippen molar-refractivity contribution in [2.24, 2.45) is 0 Å². The minimum atomic E-state index is -0.288. The van der Waals surface area contributed by atoms with Gasteiger partial charge < -0.3 is 0 Å². The van der Waals surface area contributed by atoms with Crippen molar-refractivity contribution in [2.75, 3.05) is 4.90 Å². The van der Waals surface area contributed by atoms with Crippen LogP contribution in [0.15, 0.2) is 103 Å². The van der Waals surface area contributed by atoms with Crippen LogP contribution in [0.4, 0.5) is 5.69 Å². The third kappa shape index (κ3) is 2.53. The maximum absolute atomic E-state index is 13.4. The molecule has 1 heterocycles. The minimum absolute atomic E-state index is 0.288. The number of rotatable bonds is 2. The van der Waals surface area contributed by atoms with E-state index in [1.807, 2.05) is 66.7 Å². The smallest absolute Gasteiger partial charge is 0.265 e. The van der Waals surface area contributed by atoms with E-state index in [1.54, 1.807) is 12.1 Å². The van der Waals surface area contributed by atoms with Crippen LogP contribution in [-0.4, -0.2) is 11.8 Å². The molecule has 0 N–H and O–H groups in total. The largest absolute Gasteiger partial charge is 0.268 e. The van der Waals surface area contributed by atoms with E-state index < -0.39 is 0 Å². The monoisotopic (exact) mass is 399 g/mol. The molecule has 0 spiro atoms. The first-order valence-corrected chi connectivity index (χ1v) is 10.2. The Labute approximate surface area is 179 Å². The highest BCUT2D eigenvalue weighted by atomic mass is 16.2. The van der Waals surface area contributed by atoms with Crippen LogP contribution in [0.3, 0.4) is 0 Å². The van der Waals surface area contributed by atoms with Crippen LogP contribution in [0.5, 0.6) is 0 Å². The number of fused-ring (bicyclic) bond motifs is 1. The zero-order chi connectivity index (χ0) is 20.9. The third-order valence-electron chi connectivity index (χ3n) is 6.00. The molecule has 3 nitrogen and oxygen atoms in total. The molecule has 0 unspecified atom stereocenters. The Morgan fingerprint density at radius 2 is 1.00 bits per heavy atom. The maximum atomic E-state index is 13.4. The molecule has 31 heavy (non-hydrogen) atoms. The summed E-state index contributed by atoms with van der Waals surface area (Å²) in [5.41, 5.74) is 3.80. The summed E-state index contributed by atoms with van der Waals surface area (Å²) in [4.78, 5) is 28.0. The van der Waals surface area contributed by atoms with Crippen molar-refractivity contribution < 1.29 is 9.59 Å². The Morgan fingerprint density at radius 3 is 1.84 bits per heavy atom. The van der Waals surface area contributed by atoms with E-state index in [2.05, 4.69) is 24.3 Å². The minimum Gasteiger partial charge on any atom is -0.268 e. The summed E-state index contributed by atoms with van der Waals surface area (Å²) in [6, 6.07) is 33.1. The number of amides is 2. The van der Waals surface area contributed by atoms with Crippen molar-refractivity contribution >= 4 is 39.0 Å². The van der Waals surface area contributed by atoms with Crippen molar-refractivity contribution in [3.05, 3.63) is 114 Å². The number of imide groups is 1. The highest BCUT2D eigenvalue weighted by molar-refractivity contribution is 6.36. The van der Waals surface area contributed by atoms with E-state index in [-0.39, 0.29) is 11.8 Å². The van der Waals surface area contributed by atoms with Gasteiger partial charge in [-0.05, 0) is 51.6 Å². The van der Waals surface area contributed by atoms with Gasteiger partial charge >= 0.3 is 0 Å². The number of para-hydroxylation sites is 1. The summed E-state index contributed by atoms with van der Waals surface area (Å²) < 4.78 is 0. The number of hydrogen-bond donors (Lipinski definition) is 0. The second kappa shape index (κ2) is 6.64. The van der Waals surface area contributed by atoms with Gasteiger partial charge in [0.15, 0.2) is 0 Å². The van der Waals surface area contributed by atoms with Crippen LogP contribution < -0.4 is 4.90 Å². The molecule has 6 rings (SSSR count). The van der Waals surface area contributed by atoms with Crippen LogP contribution >= 0.6 is 0 Å². The van der Waals surface area contributed by atoms with Gasteiger partial charge in [-0.3, -0.25) is 9.59 Å². The van der Waals surface area contributed by atoms with Crippen LogP contribution in [0.1, 0.15) is 20.7 Å². The predicted molar refractivity (Wildman–Crippen MR) is 124 cm³/mol. The number of benzene rings is 5. The van der Waals surface area contributed by atoms with Gasteiger partial charge in [0, 0.05) is 16.5 Å². The molecule has 0 fully saturated rings. The fourth-order valence-electron chi connectivity index (χ4n) is 4.60. The SMILES string of the molecule is O=C1c2cccc3c(-c4cccc5ccccc45)ccc(c23)C(=O)N1c1ccccc1. The zero-order valence-corrected chi connectivity index (χ0v) is 16.6. The molecule has 0 aromatic heterocycles. The summed E-state index contributed by atoms with van der Waals surface area (Å²) in [6.07, 6.45) is 0. The zero-order valence-electron chi connectivity index (χ0n) is 16.6. The molecule has 2 amide bonds. The number of carbonyl (C=O) groups excluding carboxylic acids is 2. The van der Waals surface area contributed by atoms with Gasteiger partial charge in [0.1, 0.15) is 0 Å². The summed E-state index contributed by atoms with van der Waals surface area (Å²) in [7, 11) is 0. The number of nitrogens with zero attached hydrogens (tertiary/aromatic N) is 1. The lowest BCUT2D eigenvalue weighted by Crippen LogP contribution is -2.40. The van der Waals surface area contributed by atoms with E-state index in [0.29, 0.717) is 16.8 Å². The second-order valence-electron chi connectivity index (χ2n) is 7.70. The Kier molecular flexibility index (Phi) is 3.77. The summed E-state index contributed by atoms with van der Waals surface area (Å²) in [5.74, 6) is -0.575. The Hall–Kier alpha value is -4.24. The van der Waals surface area contributed by atoms with Crippen LogP contribution in [0.25, 0.3) is 32.7 Å². The van der Waals surface area contributed by atoms with Gasteiger partial charge in [0.05, 0.1) is 5.69 Å². The molecule has 5 aromatic rings. The average molecular weight is 399 g/mol. The second-order valence-corrected chi connectivity index (χ2v) is 7.70. The number of hydrogen-bond acceptors (Lipinski definition) is 2. The van der Waals surface area contributed by atoms with Crippen molar-refractivity contribution in [3.8, 4) is 11.1 Å². The van der Waals surface area contributed by atoms with Gasteiger partial charge in [-0.15, -0.1) is 0 Å². The molecule has 1 aliphatic rings. The molecule has 0 saturated carbocycles. The molecule has 0 aliphatic carbocycles. The Morgan fingerprint density at radius 1 is 0.452 bits per heavy atom. The van der Waals surface area contributed by atoms with Crippen molar-refractivity contribution in [3.63, 3.8) is 0 Å². The lowest BCUT2D eigenvalue weighted by atomic mass is 9.87. The topological polar surface area (TPSA) is 37.4 Å². The molecule has 3 heteroatoms. The van der Waals surface area contributed by atoms with Crippen molar-refractivity contribution in [1.82, 2.24) is 0 Å². The molecule has 5 aromatic carbocycles. The first kappa shape index (κ1) is 17.6. The maximum Gasteiger partial charge on any atom is 0.265 e. The third-order valence-corrected chi connectivity index (χ3v) is 6.00. The van der Waals surface area contributed by atoms with Gasteiger partial charge in [0.25, 0.3) is 11.8 Å². The van der Waals surface area contributed by atoms with Crippen molar-refractivity contribution in [2.45, 2.75) is 0 Å². The van der Waals surface area contributed by atoms with Gasteiger partial charge in [-0.25, -0.2) is 4.90 Å². The first-order chi connectivity index (χ1) is 15.2. The Bertz CT molecular complexity index is 1490. The summed E-state index contributed by atoms with van der Waals surface area (Å²) in [5, 5.41) is 3.95. The first-order valence-electron chi connectivity index (χ1n) is 10.2. The number of carbonyl (C=O) groups is 2. The predicted octanol–water partition coefficient (Wildman–Crippen LogP) is 6.46. The molecular weight excluding hydrogens is 382 g/mol. The molecule has 0 saturated heterocycles. The lowest BCUT2D eigenvalue weighted by molar-refractivity contribution is 0.0893. The molecule has 1 aliphatic heterocycles. The molecule has 0 bridgehead atoms. The fraction of sp³-hybridized carbons (Fsp3) is 0. The van der Waals surface area contributed by atoms with E-state index >= 15 is 0 Å². The van der Waals surface area contributed by atoms with E-state index in [1.165, 1.54) is 4.90 Å². The standard InChI is InChI=1S/C28H17NO2/c30-27-24-15-7-14-23-22(21-13-6-9-18-8-4-5-12-20(18)21)16-17-25(26(23)24)28(31)29(27)19-10-2-1-3-11-19/h1-17H. The molecule has 0 radical (unpaired) electrons. The average Bonchev–Trinajstić information content (AvgIpc) is 2.83. The lowest BCUT2D eigenvalue weighted by Gasteiger charge is -2.28. The van der Waals surface area contributed by atoms with Crippen LogP contribution in [0.2, 0.25) is 0 Å². The quantitative estimate of drug-likeness (QED) is 0.319. The van der Waals surface area contributed by atoms with E-state index in [4.69, 9.17) is 0 Å². The summed E-state index contributed by atoms with van der Waals surface area (Å²) in [6.45, 7) is 0. The van der Waals surface area contributed by atoms with E-state index in [9.17, 15) is 9.59 Å². The van der Waals surface area contributed by atoms with Crippen molar-refractivity contribution in [1.29, 1.82) is 0 Å². The van der Waals surface area contributed by atoms with Crippen LogP contribution in [0, 0.1) is 0 Å². The normalized spacial score (nSPS) is 13.2. The van der Waals surface area contributed by atoms with Gasteiger partial charge in [0.2, 0.25) is 0 Å². The highest BCUT2D eigenvalue weighted by Gasteiger charge is 2.34.